The van der Waals surface area contributed by atoms with Crippen molar-refractivity contribution >= 4 is 21.6 Å². The summed E-state index contributed by atoms with van der Waals surface area (Å²) in [4.78, 5) is 1.51. The Labute approximate surface area is 119 Å². The highest BCUT2D eigenvalue weighted by molar-refractivity contribution is 7.99. The maximum Gasteiger partial charge on any atom is 0.175 e. The van der Waals surface area contributed by atoms with Gasteiger partial charge in [-0.3, -0.25) is 0 Å². The van der Waals surface area contributed by atoms with E-state index in [1.165, 1.54) is 25.5 Å². The molecule has 0 heterocycles. The maximum absolute atomic E-state index is 11.3. The molecule has 2 atom stereocenters. The Morgan fingerprint density at radius 2 is 1.95 bits per heavy atom. The predicted octanol–water partition coefficient (Wildman–Crippen LogP) is 2.70. The number of hydrogen-bond donors (Lipinski definition) is 1. The highest BCUT2D eigenvalue weighted by atomic mass is 32.2. The van der Waals surface area contributed by atoms with Crippen molar-refractivity contribution in [1.29, 1.82) is 0 Å². The van der Waals surface area contributed by atoms with E-state index in [1.54, 1.807) is 23.9 Å². The summed E-state index contributed by atoms with van der Waals surface area (Å²) in [5.41, 5.74) is 6.05. The molecule has 0 amide bonds. The van der Waals surface area contributed by atoms with Crippen LogP contribution in [0.15, 0.2) is 34.1 Å². The molecule has 0 saturated heterocycles. The van der Waals surface area contributed by atoms with Crippen molar-refractivity contribution in [3.8, 4) is 0 Å². The van der Waals surface area contributed by atoms with Gasteiger partial charge in [0.25, 0.3) is 0 Å². The molecule has 3 nitrogen and oxygen atoms in total. The molecule has 1 aliphatic rings. The van der Waals surface area contributed by atoms with Crippen LogP contribution in [0.1, 0.15) is 25.7 Å². The highest BCUT2D eigenvalue weighted by Gasteiger charge is 2.23. The van der Waals surface area contributed by atoms with Gasteiger partial charge in [0.2, 0.25) is 0 Å². The van der Waals surface area contributed by atoms with Crippen molar-refractivity contribution in [2.24, 2.45) is 11.7 Å². The number of benzene rings is 1. The SMILES string of the molecule is CS(=O)(=O)c1ccc(SCCC2CCCC2N)cc1. The first-order chi connectivity index (χ1) is 8.97. The summed E-state index contributed by atoms with van der Waals surface area (Å²) in [7, 11) is -3.09. The van der Waals surface area contributed by atoms with Crippen LogP contribution in [0.25, 0.3) is 0 Å². The monoisotopic (exact) mass is 299 g/mol. The predicted molar refractivity (Wildman–Crippen MR) is 80.2 cm³/mol. The molecule has 0 aliphatic heterocycles. The van der Waals surface area contributed by atoms with Gasteiger partial charge in [0.15, 0.2) is 9.84 Å². The van der Waals surface area contributed by atoms with Crippen molar-refractivity contribution in [1.82, 2.24) is 0 Å². The smallest absolute Gasteiger partial charge is 0.175 e. The van der Waals surface area contributed by atoms with Crippen LogP contribution in [-0.2, 0) is 9.84 Å². The first kappa shape index (κ1) is 14.9. The lowest BCUT2D eigenvalue weighted by Gasteiger charge is -2.14. The van der Waals surface area contributed by atoms with Crippen molar-refractivity contribution in [2.75, 3.05) is 12.0 Å². The summed E-state index contributed by atoms with van der Waals surface area (Å²) in [5.74, 6) is 1.72. The van der Waals surface area contributed by atoms with Crippen molar-refractivity contribution in [2.45, 2.75) is 41.5 Å². The van der Waals surface area contributed by atoms with Crippen LogP contribution in [0.2, 0.25) is 0 Å². The standard InChI is InChI=1S/C14H21NO2S2/c1-19(16,17)13-7-5-12(6-8-13)18-10-9-11-3-2-4-14(11)15/h5-8,11,14H,2-4,9-10,15H2,1H3. The normalized spacial score (nSPS) is 23.7. The Morgan fingerprint density at radius 3 is 2.47 bits per heavy atom. The van der Waals surface area contributed by atoms with Crippen molar-refractivity contribution < 1.29 is 8.42 Å². The Bertz CT molecular complexity index is 511. The zero-order chi connectivity index (χ0) is 13.9. The third-order valence-corrected chi connectivity index (χ3v) is 5.90. The van der Waals surface area contributed by atoms with Crippen LogP contribution in [0.5, 0.6) is 0 Å². The minimum atomic E-state index is -3.09. The van der Waals surface area contributed by atoms with E-state index in [0.717, 1.165) is 17.1 Å². The molecule has 1 aromatic rings. The van der Waals surface area contributed by atoms with Crippen LogP contribution in [0.4, 0.5) is 0 Å². The second-order valence-electron chi connectivity index (χ2n) is 5.24. The van der Waals surface area contributed by atoms with E-state index >= 15 is 0 Å². The lowest BCUT2D eigenvalue weighted by molar-refractivity contribution is 0.470. The van der Waals surface area contributed by atoms with E-state index in [1.807, 2.05) is 12.1 Å². The van der Waals surface area contributed by atoms with Gasteiger partial charge in [-0.05, 0) is 55.2 Å². The molecule has 1 fully saturated rings. The van der Waals surface area contributed by atoms with Gasteiger partial charge < -0.3 is 5.73 Å². The summed E-state index contributed by atoms with van der Waals surface area (Å²) < 4.78 is 22.7. The average molecular weight is 299 g/mol. The fourth-order valence-corrected chi connectivity index (χ4v) is 4.15. The first-order valence-corrected chi connectivity index (χ1v) is 9.53. The quantitative estimate of drug-likeness (QED) is 0.849. The Hall–Kier alpha value is -0.520. The molecular formula is C14H21NO2S2. The number of thioether (sulfide) groups is 1. The molecule has 1 saturated carbocycles. The van der Waals surface area contributed by atoms with E-state index in [0.29, 0.717) is 16.9 Å². The maximum atomic E-state index is 11.3. The van der Waals surface area contributed by atoms with Crippen LogP contribution in [-0.4, -0.2) is 26.5 Å². The highest BCUT2D eigenvalue weighted by Crippen LogP contribution is 2.30. The Balaban J connectivity index is 1.83. The average Bonchev–Trinajstić information content (AvgIpc) is 2.75. The number of hydrogen-bond acceptors (Lipinski definition) is 4. The van der Waals surface area contributed by atoms with Crippen LogP contribution in [0.3, 0.4) is 0 Å². The van der Waals surface area contributed by atoms with E-state index in [-0.39, 0.29) is 0 Å². The molecule has 0 bridgehead atoms. The summed E-state index contributed by atoms with van der Waals surface area (Å²) >= 11 is 1.78. The van der Waals surface area contributed by atoms with Crippen LogP contribution < -0.4 is 5.73 Å². The van der Waals surface area contributed by atoms with E-state index in [9.17, 15) is 8.42 Å². The van der Waals surface area contributed by atoms with E-state index in [2.05, 4.69) is 0 Å². The fraction of sp³-hybridized carbons (Fsp3) is 0.571. The number of sulfone groups is 1. The molecule has 0 radical (unpaired) electrons. The molecular weight excluding hydrogens is 278 g/mol. The van der Waals surface area contributed by atoms with Gasteiger partial charge in [0, 0.05) is 17.2 Å². The number of rotatable bonds is 5. The third kappa shape index (κ3) is 4.23. The van der Waals surface area contributed by atoms with E-state index < -0.39 is 9.84 Å². The molecule has 1 aromatic carbocycles. The largest absolute Gasteiger partial charge is 0.327 e. The van der Waals surface area contributed by atoms with Gasteiger partial charge in [-0.1, -0.05) is 6.42 Å². The van der Waals surface area contributed by atoms with Gasteiger partial charge in [-0.15, -0.1) is 11.8 Å². The molecule has 0 aromatic heterocycles. The Kier molecular flexibility index (Phi) is 4.92. The Morgan fingerprint density at radius 1 is 1.26 bits per heavy atom. The minimum Gasteiger partial charge on any atom is -0.327 e. The minimum absolute atomic E-state index is 0.383. The third-order valence-electron chi connectivity index (χ3n) is 3.73. The summed E-state index contributed by atoms with van der Waals surface area (Å²) in [6.45, 7) is 0. The van der Waals surface area contributed by atoms with Gasteiger partial charge >= 0.3 is 0 Å². The number of nitrogens with two attached hydrogens (primary N) is 1. The summed E-state index contributed by atoms with van der Waals surface area (Å²) in [6, 6.07) is 7.51. The summed E-state index contributed by atoms with van der Waals surface area (Å²) in [5, 5.41) is 0. The topological polar surface area (TPSA) is 60.2 Å². The molecule has 2 rings (SSSR count). The van der Waals surface area contributed by atoms with Gasteiger partial charge in [0.05, 0.1) is 4.90 Å². The molecule has 2 N–H and O–H groups in total. The van der Waals surface area contributed by atoms with Crippen molar-refractivity contribution in [3.63, 3.8) is 0 Å². The molecule has 2 unspecified atom stereocenters. The lowest BCUT2D eigenvalue weighted by Crippen LogP contribution is -2.24. The second-order valence-corrected chi connectivity index (χ2v) is 8.42. The van der Waals surface area contributed by atoms with Gasteiger partial charge in [-0.25, -0.2) is 8.42 Å². The van der Waals surface area contributed by atoms with Crippen LogP contribution in [0, 0.1) is 5.92 Å². The fourth-order valence-electron chi connectivity index (χ4n) is 2.54. The molecule has 0 spiro atoms. The molecule has 19 heavy (non-hydrogen) atoms. The molecule has 106 valence electrons. The summed E-state index contributed by atoms with van der Waals surface area (Å²) in [6.07, 6.45) is 6.07. The van der Waals surface area contributed by atoms with E-state index in [4.69, 9.17) is 5.73 Å². The second kappa shape index (κ2) is 6.29. The van der Waals surface area contributed by atoms with Gasteiger partial charge in [0.1, 0.15) is 0 Å². The zero-order valence-corrected chi connectivity index (χ0v) is 12.8. The molecule has 1 aliphatic carbocycles. The first-order valence-electron chi connectivity index (χ1n) is 6.65. The lowest BCUT2D eigenvalue weighted by atomic mass is 10.0. The van der Waals surface area contributed by atoms with Crippen LogP contribution >= 0.6 is 11.8 Å². The zero-order valence-electron chi connectivity index (χ0n) is 11.2. The van der Waals surface area contributed by atoms with Crippen molar-refractivity contribution in [3.05, 3.63) is 24.3 Å². The molecule has 5 heteroatoms. The van der Waals surface area contributed by atoms with Gasteiger partial charge in [-0.2, -0.15) is 0 Å².